The van der Waals surface area contributed by atoms with Gasteiger partial charge in [0.2, 0.25) is 11.9 Å². The Morgan fingerprint density at radius 1 is 1.08 bits per heavy atom. The summed E-state index contributed by atoms with van der Waals surface area (Å²) < 4.78 is 13.3. The molecule has 3 rings (SSSR count). The molecule has 0 spiro atoms. The molecule has 0 bridgehead atoms. The lowest BCUT2D eigenvalue weighted by Crippen LogP contribution is -2.54. The summed E-state index contributed by atoms with van der Waals surface area (Å²) >= 11 is 0. The molecule has 0 N–H and O–H groups in total. The molecule has 136 valence electrons. The van der Waals surface area contributed by atoms with Crippen LogP contribution in [-0.4, -0.2) is 47.3 Å². The smallest absolute Gasteiger partial charge is 0.223 e. The van der Waals surface area contributed by atoms with Crippen molar-refractivity contribution in [1.29, 1.82) is 0 Å². The van der Waals surface area contributed by atoms with Crippen molar-refractivity contribution >= 4 is 17.5 Å². The zero-order chi connectivity index (χ0) is 18.5. The van der Waals surface area contributed by atoms with Gasteiger partial charge in [-0.25, -0.2) is 4.98 Å². The van der Waals surface area contributed by atoms with Gasteiger partial charge in [-0.05, 0) is 19.1 Å². The normalized spacial score (nSPS) is 17.2. The van der Waals surface area contributed by atoms with E-state index in [4.69, 9.17) is 0 Å². The number of benzene rings is 1. The van der Waals surface area contributed by atoms with Crippen LogP contribution < -0.4 is 4.90 Å². The maximum absolute atomic E-state index is 13.3. The number of halogens is 1. The van der Waals surface area contributed by atoms with Crippen LogP contribution in [-0.2, 0) is 4.79 Å². The first-order chi connectivity index (χ1) is 12.5. The number of hydrogen-bond acceptors (Lipinski definition) is 4. The summed E-state index contributed by atoms with van der Waals surface area (Å²) in [5.74, 6) is 0.0408. The minimum atomic E-state index is -0.507. The molecule has 1 aliphatic heterocycles. The topological polar surface area (TPSA) is 53.5 Å². The average molecular weight is 355 g/mol. The predicted molar refractivity (Wildman–Crippen MR) is 97.6 cm³/mol. The van der Waals surface area contributed by atoms with E-state index in [0.29, 0.717) is 31.0 Å². The molecule has 1 atom stereocenters. The summed E-state index contributed by atoms with van der Waals surface area (Å²) in [7, 11) is 0. The highest BCUT2D eigenvalue weighted by atomic mass is 19.1. The highest BCUT2D eigenvalue weighted by Gasteiger charge is 2.27. The highest BCUT2D eigenvalue weighted by Crippen LogP contribution is 2.19. The third kappa shape index (κ3) is 4.25. The number of amides is 1. The second kappa shape index (κ2) is 8.08. The number of ketones is 1. The van der Waals surface area contributed by atoms with Crippen molar-refractivity contribution < 1.29 is 14.0 Å². The number of aromatic nitrogens is 1. The van der Waals surface area contributed by atoms with Crippen molar-refractivity contribution in [2.75, 3.05) is 24.5 Å². The summed E-state index contributed by atoms with van der Waals surface area (Å²) in [6.45, 7) is 3.66. The number of hydrogen-bond donors (Lipinski definition) is 0. The minimum Gasteiger partial charge on any atom is -0.350 e. The van der Waals surface area contributed by atoms with Gasteiger partial charge in [0, 0.05) is 44.1 Å². The van der Waals surface area contributed by atoms with Crippen molar-refractivity contribution in [3.63, 3.8) is 0 Å². The number of carbonyl (C=O) groups excluding carboxylic acids is 2. The lowest BCUT2D eigenvalue weighted by molar-refractivity contribution is -0.131. The number of piperazine rings is 1. The fourth-order valence-corrected chi connectivity index (χ4v) is 3.23. The molecule has 1 saturated heterocycles. The van der Waals surface area contributed by atoms with Gasteiger partial charge in [-0.2, -0.15) is 4.39 Å². The fourth-order valence-electron chi connectivity index (χ4n) is 3.23. The van der Waals surface area contributed by atoms with E-state index >= 15 is 0 Å². The van der Waals surface area contributed by atoms with Crippen LogP contribution in [0.2, 0.25) is 0 Å². The Morgan fingerprint density at radius 2 is 1.85 bits per heavy atom. The van der Waals surface area contributed by atoms with Crippen molar-refractivity contribution in [1.82, 2.24) is 9.88 Å². The first-order valence-electron chi connectivity index (χ1n) is 8.80. The number of rotatable bonds is 5. The highest BCUT2D eigenvalue weighted by molar-refractivity contribution is 5.97. The quantitative estimate of drug-likeness (QED) is 0.611. The SMILES string of the molecule is CC1CN(C(=O)CCC(=O)c2ccccc2)CCN1c1cccc(F)n1. The van der Waals surface area contributed by atoms with Gasteiger partial charge in [0.1, 0.15) is 5.82 Å². The molecule has 6 heteroatoms. The Balaban J connectivity index is 1.53. The van der Waals surface area contributed by atoms with E-state index in [1.54, 1.807) is 29.2 Å². The molecule has 0 radical (unpaired) electrons. The molecule has 26 heavy (non-hydrogen) atoms. The molecule has 1 unspecified atom stereocenters. The van der Waals surface area contributed by atoms with Crippen LogP contribution in [0.4, 0.5) is 10.2 Å². The number of pyridine rings is 1. The van der Waals surface area contributed by atoms with Crippen LogP contribution in [0.3, 0.4) is 0 Å². The molecule has 0 aliphatic carbocycles. The Hall–Kier alpha value is -2.76. The molecule has 1 fully saturated rings. The van der Waals surface area contributed by atoms with E-state index in [1.807, 2.05) is 30.0 Å². The Labute approximate surface area is 152 Å². The fraction of sp³-hybridized carbons (Fsp3) is 0.350. The predicted octanol–water partition coefficient (Wildman–Crippen LogP) is 2.92. The van der Waals surface area contributed by atoms with Crippen LogP contribution in [0.1, 0.15) is 30.1 Å². The molecule has 1 aromatic heterocycles. The monoisotopic (exact) mass is 355 g/mol. The van der Waals surface area contributed by atoms with E-state index in [0.717, 1.165) is 0 Å². The van der Waals surface area contributed by atoms with Crippen molar-refractivity contribution in [3.8, 4) is 0 Å². The lowest BCUT2D eigenvalue weighted by atomic mass is 10.1. The molecule has 1 amide bonds. The first-order valence-corrected chi connectivity index (χ1v) is 8.80. The van der Waals surface area contributed by atoms with E-state index in [-0.39, 0.29) is 30.6 Å². The Bertz CT molecular complexity index is 782. The second-order valence-electron chi connectivity index (χ2n) is 6.49. The summed E-state index contributed by atoms with van der Waals surface area (Å²) in [5.41, 5.74) is 0.635. The Kier molecular flexibility index (Phi) is 5.61. The van der Waals surface area contributed by atoms with Gasteiger partial charge in [0.25, 0.3) is 0 Å². The van der Waals surface area contributed by atoms with Gasteiger partial charge in [0.05, 0.1) is 0 Å². The first kappa shape index (κ1) is 18.0. The summed E-state index contributed by atoms with van der Waals surface area (Å²) in [6, 6.07) is 13.8. The van der Waals surface area contributed by atoms with Crippen LogP contribution in [0.5, 0.6) is 0 Å². The van der Waals surface area contributed by atoms with Gasteiger partial charge < -0.3 is 9.80 Å². The molecule has 2 heterocycles. The van der Waals surface area contributed by atoms with Crippen LogP contribution in [0.15, 0.2) is 48.5 Å². The van der Waals surface area contributed by atoms with E-state index in [9.17, 15) is 14.0 Å². The van der Waals surface area contributed by atoms with Gasteiger partial charge in [-0.3, -0.25) is 9.59 Å². The van der Waals surface area contributed by atoms with Crippen LogP contribution in [0, 0.1) is 5.95 Å². The third-order valence-electron chi connectivity index (χ3n) is 4.64. The molecule has 0 saturated carbocycles. The van der Waals surface area contributed by atoms with Crippen molar-refractivity contribution in [3.05, 3.63) is 60.0 Å². The molecule has 1 aliphatic rings. The van der Waals surface area contributed by atoms with E-state index < -0.39 is 5.95 Å². The van der Waals surface area contributed by atoms with Gasteiger partial charge in [-0.1, -0.05) is 36.4 Å². The summed E-state index contributed by atoms with van der Waals surface area (Å²) in [6.07, 6.45) is 0.418. The molecule has 5 nitrogen and oxygen atoms in total. The number of carbonyl (C=O) groups is 2. The zero-order valence-corrected chi connectivity index (χ0v) is 14.8. The van der Waals surface area contributed by atoms with Gasteiger partial charge >= 0.3 is 0 Å². The van der Waals surface area contributed by atoms with Crippen LogP contribution >= 0.6 is 0 Å². The molecule has 2 aromatic rings. The molecule has 1 aromatic carbocycles. The maximum Gasteiger partial charge on any atom is 0.223 e. The molecular formula is C20H22FN3O2. The lowest BCUT2D eigenvalue weighted by Gasteiger charge is -2.40. The number of nitrogens with zero attached hydrogens (tertiary/aromatic N) is 3. The average Bonchev–Trinajstić information content (AvgIpc) is 2.66. The number of anilines is 1. The largest absolute Gasteiger partial charge is 0.350 e. The van der Waals surface area contributed by atoms with E-state index in [1.165, 1.54) is 6.07 Å². The van der Waals surface area contributed by atoms with Gasteiger partial charge in [-0.15, -0.1) is 0 Å². The van der Waals surface area contributed by atoms with Crippen LogP contribution in [0.25, 0.3) is 0 Å². The Morgan fingerprint density at radius 3 is 2.54 bits per heavy atom. The number of Topliss-reactive ketones (excluding diaryl/α,β-unsaturated/α-hetero) is 1. The minimum absolute atomic E-state index is 0.0189. The maximum atomic E-state index is 13.3. The summed E-state index contributed by atoms with van der Waals surface area (Å²) in [4.78, 5) is 32.3. The molecular weight excluding hydrogens is 333 g/mol. The second-order valence-corrected chi connectivity index (χ2v) is 6.49. The van der Waals surface area contributed by atoms with Crippen molar-refractivity contribution in [2.45, 2.75) is 25.8 Å². The standard InChI is InChI=1S/C20H22FN3O2/c1-15-14-23(12-13-24(15)19-9-5-8-18(21)22-19)20(26)11-10-17(25)16-6-3-2-4-7-16/h2-9,15H,10-14H2,1H3. The van der Waals surface area contributed by atoms with E-state index in [2.05, 4.69) is 4.98 Å². The van der Waals surface area contributed by atoms with Gasteiger partial charge in [0.15, 0.2) is 5.78 Å². The summed E-state index contributed by atoms with van der Waals surface area (Å²) in [5, 5.41) is 0. The third-order valence-corrected chi connectivity index (χ3v) is 4.64. The van der Waals surface area contributed by atoms with Crippen molar-refractivity contribution in [2.24, 2.45) is 0 Å². The zero-order valence-electron chi connectivity index (χ0n) is 14.8.